The summed E-state index contributed by atoms with van der Waals surface area (Å²) in [6, 6.07) is 0. The minimum atomic E-state index is -2.09. The summed E-state index contributed by atoms with van der Waals surface area (Å²) in [4.78, 5) is 0. The second kappa shape index (κ2) is 5.80. The van der Waals surface area contributed by atoms with Gasteiger partial charge in [-0.25, -0.2) is 0 Å². The van der Waals surface area contributed by atoms with Crippen LogP contribution in [0.2, 0.25) is 18.1 Å². The Kier molecular flexibility index (Phi) is 5.36. The van der Waals surface area contributed by atoms with Gasteiger partial charge in [-0.2, -0.15) is 0 Å². The summed E-state index contributed by atoms with van der Waals surface area (Å²) in [6.45, 7) is 4.69. The van der Waals surface area contributed by atoms with Gasteiger partial charge >= 0.3 is 151 Å². The van der Waals surface area contributed by atoms with E-state index in [4.69, 9.17) is 20.6 Å². The Morgan fingerprint density at radius 3 is 1.53 bits per heavy atom. The van der Waals surface area contributed by atoms with Crippen molar-refractivity contribution in [3.8, 4) is 0 Å². The first-order chi connectivity index (χ1) is 8.03. The second-order valence-electron chi connectivity index (χ2n) is 4.70. The standard InChI is InChI=1S/C2H10O5Si6.2CH3.2Pr/c1-8-3-10-5-11-4-9(2)13(7-11)12(8)6-10;;;;/h8-9,12-13H,1-2H3;2*1H3;;. The molecule has 0 radical (unpaired) electrons. The molecule has 13 heteroatoms. The summed E-state index contributed by atoms with van der Waals surface area (Å²) in [5.41, 5.74) is 0. The SMILES string of the molecule is [CH3][Pr][Si]12O[SiH](C)[SiH](O1)[SiH]1O[Si]([Pr][CH3])(O[SiH]1C)O2. The predicted octanol–water partition coefficient (Wildman–Crippen LogP) is -1.36. The first-order valence-corrected chi connectivity index (χ1v) is 40.4. The molecule has 5 nitrogen and oxygen atoms in total. The molecule has 3 aliphatic rings. The van der Waals surface area contributed by atoms with Crippen molar-refractivity contribution in [2.45, 2.75) is 18.1 Å². The van der Waals surface area contributed by atoms with Crippen LogP contribution in [0.4, 0.5) is 0 Å². The Bertz CT molecular complexity index is 310. The van der Waals surface area contributed by atoms with Crippen LogP contribution in [0.25, 0.3) is 0 Å². The van der Waals surface area contributed by atoms with Gasteiger partial charge in [0.2, 0.25) is 0 Å². The maximum atomic E-state index is 6.55. The zero-order valence-corrected chi connectivity index (χ0v) is 24.5. The summed E-state index contributed by atoms with van der Waals surface area (Å²) in [7, 11) is -4.35. The summed E-state index contributed by atoms with van der Waals surface area (Å²) in [5.74, 6) is 0. The molecule has 3 fully saturated rings. The fourth-order valence-electron chi connectivity index (χ4n) is 2.63. The topological polar surface area (TPSA) is 46.2 Å². The van der Waals surface area contributed by atoms with E-state index in [0.29, 0.717) is 0 Å². The minimum absolute atomic E-state index is 0.985. The van der Waals surface area contributed by atoms with E-state index < -0.39 is 112 Å². The molecule has 0 amide bonds. The molecule has 0 saturated carbocycles. The monoisotopic (exact) mass is 594 g/mol. The van der Waals surface area contributed by atoms with Crippen molar-refractivity contribution in [1.82, 2.24) is 0 Å². The Morgan fingerprint density at radius 1 is 0.765 bits per heavy atom. The quantitative estimate of drug-likeness (QED) is 0.370. The first-order valence-electron chi connectivity index (χ1n) is 6.05. The molecule has 0 aromatic carbocycles. The summed E-state index contributed by atoms with van der Waals surface area (Å²) < 4.78 is 33.0. The number of fused-ring (bicyclic) bond motifs is 5. The molecule has 0 aliphatic carbocycles. The van der Waals surface area contributed by atoms with E-state index in [1.54, 1.807) is 0 Å². The van der Waals surface area contributed by atoms with Crippen molar-refractivity contribution < 1.29 is 92.6 Å². The van der Waals surface area contributed by atoms with Crippen molar-refractivity contribution in [3.05, 3.63) is 0 Å². The average molecular weight is 594 g/mol. The number of rotatable bonds is 2. The van der Waals surface area contributed by atoms with Crippen molar-refractivity contribution in [1.29, 1.82) is 0 Å². The van der Waals surface area contributed by atoms with Crippen molar-refractivity contribution in [3.63, 3.8) is 0 Å². The molecule has 0 N–H and O–H groups in total. The van der Waals surface area contributed by atoms with Crippen LogP contribution in [0.5, 0.6) is 0 Å². The molecule has 17 heavy (non-hydrogen) atoms. The number of hydrogen-bond acceptors (Lipinski definition) is 5. The van der Waals surface area contributed by atoms with Crippen LogP contribution in [0, 0.1) is 72.0 Å². The van der Waals surface area contributed by atoms with E-state index in [-0.39, 0.29) is 0 Å². The molecule has 0 spiro atoms. The van der Waals surface area contributed by atoms with Gasteiger partial charge in [0.15, 0.2) is 0 Å². The van der Waals surface area contributed by atoms with E-state index in [1.807, 2.05) is 0 Å². The second-order valence-corrected chi connectivity index (χ2v) is 60.4. The summed E-state index contributed by atoms with van der Waals surface area (Å²) in [6.07, 6.45) is 0. The Labute approximate surface area is 147 Å². The van der Waals surface area contributed by atoms with Crippen LogP contribution in [0.3, 0.4) is 0 Å². The molecule has 0 aromatic rings. The van der Waals surface area contributed by atoms with E-state index in [9.17, 15) is 0 Å². The van der Waals surface area contributed by atoms with Crippen molar-refractivity contribution in [2.24, 2.45) is 0 Å². The zero-order valence-electron chi connectivity index (χ0n) is 10.5. The van der Waals surface area contributed by atoms with Gasteiger partial charge in [-0.05, 0) is 0 Å². The van der Waals surface area contributed by atoms with Crippen LogP contribution in [-0.4, -0.2) is 39.9 Å². The predicted molar refractivity (Wildman–Crippen MR) is 69.0 cm³/mol. The molecule has 0 aromatic heterocycles. The van der Waals surface area contributed by atoms with Gasteiger partial charge in [0.05, 0.1) is 0 Å². The van der Waals surface area contributed by atoms with E-state index in [2.05, 4.69) is 18.1 Å². The van der Waals surface area contributed by atoms with Gasteiger partial charge in [-0.15, -0.1) is 0 Å². The summed E-state index contributed by atoms with van der Waals surface area (Å²) >= 11 is -1.97. The van der Waals surface area contributed by atoms with Gasteiger partial charge in [0, 0.05) is 0 Å². The maximum absolute atomic E-state index is 6.55. The molecule has 6 unspecified atom stereocenters. The fourth-order valence-corrected chi connectivity index (χ4v) is 173. The average Bonchev–Trinajstić information content (AvgIpc) is 2.73. The van der Waals surface area contributed by atoms with E-state index in [1.165, 1.54) is 0 Å². The molecular formula is C4H16O5Pr2Si6. The molecule has 3 aliphatic heterocycles. The Morgan fingerprint density at radius 2 is 1.18 bits per heavy atom. The molecule has 3 saturated heterocycles. The van der Waals surface area contributed by atoms with E-state index >= 15 is 0 Å². The Hall–Kier alpha value is 3.83. The van der Waals surface area contributed by atoms with Crippen LogP contribution >= 0.6 is 0 Å². The molecular weight excluding hydrogens is 578 g/mol. The molecule has 3 heterocycles. The van der Waals surface area contributed by atoms with Gasteiger partial charge in [-0.1, -0.05) is 0 Å². The molecule has 92 valence electrons. The first kappa shape index (κ1) is 15.7. The van der Waals surface area contributed by atoms with Crippen molar-refractivity contribution in [2.75, 3.05) is 0 Å². The van der Waals surface area contributed by atoms with Gasteiger partial charge in [-0.3, -0.25) is 0 Å². The zero-order chi connectivity index (χ0) is 12.3. The van der Waals surface area contributed by atoms with Crippen LogP contribution in [0.1, 0.15) is 0 Å². The third kappa shape index (κ3) is 2.76. The van der Waals surface area contributed by atoms with E-state index in [0.717, 1.165) is 0 Å². The third-order valence-electron chi connectivity index (χ3n) is 3.54. The normalized spacial score (nSPS) is 56.2. The van der Waals surface area contributed by atoms with Crippen LogP contribution in [0.15, 0.2) is 0 Å². The molecule has 4 bridgehead atoms. The van der Waals surface area contributed by atoms with Gasteiger partial charge in [0.1, 0.15) is 0 Å². The molecule has 6 atom stereocenters. The number of hydrogen-bond donors (Lipinski definition) is 0. The fraction of sp³-hybridized carbons (Fsp3) is 1.00. The van der Waals surface area contributed by atoms with Gasteiger partial charge < -0.3 is 0 Å². The summed E-state index contributed by atoms with van der Waals surface area (Å²) in [5, 5.41) is 0. The van der Waals surface area contributed by atoms with Crippen LogP contribution < -0.4 is 0 Å². The third-order valence-corrected chi connectivity index (χ3v) is 91.7. The molecule has 3 rings (SSSR count). The van der Waals surface area contributed by atoms with Crippen molar-refractivity contribution >= 4 is 39.9 Å². The van der Waals surface area contributed by atoms with Crippen LogP contribution in [-0.2, 0) is 20.6 Å². The Balaban J connectivity index is 1.97. The van der Waals surface area contributed by atoms with Gasteiger partial charge in [0.25, 0.3) is 0 Å².